The maximum absolute atomic E-state index is 10.3. The van der Waals surface area contributed by atoms with Gasteiger partial charge >= 0.3 is 0 Å². The molecule has 2 aromatic rings. The molecule has 0 spiro atoms. The zero-order chi connectivity index (χ0) is 14.3. The third-order valence-electron chi connectivity index (χ3n) is 3.42. The van der Waals surface area contributed by atoms with E-state index in [-0.39, 0.29) is 12.4 Å². The number of nitrogen functional groups attached to an aromatic ring is 1. The van der Waals surface area contributed by atoms with Gasteiger partial charge in [0.25, 0.3) is 0 Å². The molecule has 1 fully saturated rings. The van der Waals surface area contributed by atoms with Gasteiger partial charge in [0.05, 0.1) is 12.9 Å². The lowest BCUT2D eigenvalue weighted by molar-refractivity contribution is -0.0535. The van der Waals surface area contributed by atoms with E-state index in [1.54, 1.807) is 4.57 Å². The first kappa shape index (κ1) is 13.2. The molecule has 0 bridgehead atoms. The van der Waals surface area contributed by atoms with E-state index >= 15 is 0 Å². The highest BCUT2D eigenvalue weighted by Crippen LogP contribution is 2.32. The number of fused-ring (bicyclic) bond motifs is 1. The van der Waals surface area contributed by atoms with Gasteiger partial charge in [-0.25, -0.2) is 15.0 Å². The predicted molar refractivity (Wildman–Crippen MR) is 67.5 cm³/mol. The van der Waals surface area contributed by atoms with Crippen LogP contribution in [0.5, 0.6) is 0 Å². The molecule has 0 saturated carbocycles. The summed E-state index contributed by atoms with van der Waals surface area (Å²) in [7, 11) is 1.45. The number of aromatic nitrogens is 4. The zero-order valence-electron chi connectivity index (χ0n) is 10.7. The molecule has 2 aromatic heterocycles. The van der Waals surface area contributed by atoms with E-state index < -0.39 is 24.5 Å². The van der Waals surface area contributed by atoms with Crippen LogP contribution in [0.15, 0.2) is 12.7 Å². The molecule has 0 radical (unpaired) electrons. The normalized spacial score (nSPS) is 30.1. The summed E-state index contributed by atoms with van der Waals surface area (Å²) in [6.45, 7) is -0.254. The van der Waals surface area contributed by atoms with E-state index in [0.29, 0.717) is 11.2 Å². The molecular formula is C11H15N5O4. The zero-order valence-corrected chi connectivity index (χ0v) is 10.7. The standard InChI is InChI=1S/C11H15N5O4/c1-19-8-5(2-17)20-11(7(8)18)16-4-15-6-9(12)13-3-14-10(6)16/h3-5,7-8,11,17-18H,2H2,1H3,(H2,12,13,14)/t5-,7-,8-,11+/m1/s1. The number of ether oxygens (including phenoxy) is 2. The van der Waals surface area contributed by atoms with E-state index in [0.717, 1.165) is 0 Å². The summed E-state index contributed by atoms with van der Waals surface area (Å²) < 4.78 is 12.3. The summed E-state index contributed by atoms with van der Waals surface area (Å²) in [6.07, 6.45) is -0.162. The van der Waals surface area contributed by atoms with E-state index in [2.05, 4.69) is 15.0 Å². The highest BCUT2D eigenvalue weighted by Gasteiger charge is 2.45. The van der Waals surface area contributed by atoms with Crippen molar-refractivity contribution in [1.29, 1.82) is 0 Å². The van der Waals surface area contributed by atoms with Crippen molar-refractivity contribution in [2.75, 3.05) is 19.5 Å². The number of aliphatic hydroxyl groups excluding tert-OH is 2. The lowest BCUT2D eigenvalue weighted by atomic mass is 10.1. The van der Waals surface area contributed by atoms with Crippen molar-refractivity contribution >= 4 is 17.0 Å². The molecule has 0 aliphatic carbocycles. The van der Waals surface area contributed by atoms with E-state index in [4.69, 9.17) is 15.2 Å². The van der Waals surface area contributed by atoms with Crippen LogP contribution in [0.2, 0.25) is 0 Å². The number of imidazole rings is 1. The number of aliphatic hydroxyl groups is 2. The van der Waals surface area contributed by atoms with Crippen LogP contribution in [0, 0.1) is 0 Å². The van der Waals surface area contributed by atoms with Crippen molar-refractivity contribution in [3.63, 3.8) is 0 Å². The molecule has 9 nitrogen and oxygen atoms in total. The monoisotopic (exact) mass is 281 g/mol. The highest BCUT2D eigenvalue weighted by molar-refractivity contribution is 5.81. The van der Waals surface area contributed by atoms with Crippen LogP contribution in [0.25, 0.3) is 11.2 Å². The van der Waals surface area contributed by atoms with Crippen LogP contribution in [0.1, 0.15) is 6.23 Å². The van der Waals surface area contributed by atoms with Gasteiger partial charge in [-0.15, -0.1) is 0 Å². The lowest BCUT2D eigenvalue weighted by Gasteiger charge is -2.17. The Morgan fingerprint density at radius 2 is 2.25 bits per heavy atom. The molecule has 3 rings (SSSR count). The number of rotatable bonds is 3. The van der Waals surface area contributed by atoms with Crippen LogP contribution in [-0.4, -0.2) is 61.8 Å². The lowest BCUT2D eigenvalue weighted by Crippen LogP contribution is -2.35. The van der Waals surface area contributed by atoms with Gasteiger partial charge in [0, 0.05) is 7.11 Å². The number of methoxy groups -OCH3 is 1. The van der Waals surface area contributed by atoms with Crippen molar-refractivity contribution in [2.45, 2.75) is 24.5 Å². The fourth-order valence-corrected chi connectivity index (χ4v) is 2.44. The van der Waals surface area contributed by atoms with Gasteiger partial charge in [0.15, 0.2) is 17.7 Å². The van der Waals surface area contributed by atoms with E-state index in [9.17, 15) is 10.2 Å². The van der Waals surface area contributed by atoms with Gasteiger partial charge in [0.2, 0.25) is 0 Å². The first-order valence-corrected chi connectivity index (χ1v) is 6.07. The first-order chi connectivity index (χ1) is 9.67. The van der Waals surface area contributed by atoms with E-state index in [1.165, 1.54) is 19.8 Å². The maximum Gasteiger partial charge on any atom is 0.167 e. The Balaban J connectivity index is 2.01. The minimum atomic E-state index is -0.953. The Labute approximate surface area is 114 Å². The molecule has 1 aliphatic heterocycles. The van der Waals surface area contributed by atoms with Crippen LogP contribution < -0.4 is 5.73 Å². The molecule has 0 amide bonds. The molecular weight excluding hydrogens is 266 g/mol. The second-order valence-electron chi connectivity index (χ2n) is 4.52. The second kappa shape index (κ2) is 4.94. The minimum Gasteiger partial charge on any atom is -0.394 e. The Morgan fingerprint density at radius 3 is 2.90 bits per heavy atom. The molecule has 108 valence electrons. The molecule has 1 aliphatic rings. The molecule has 0 aromatic carbocycles. The maximum atomic E-state index is 10.3. The van der Waals surface area contributed by atoms with Crippen molar-refractivity contribution in [3.05, 3.63) is 12.7 Å². The van der Waals surface area contributed by atoms with Gasteiger partial charge in [-0.05, 0) is 0 Å². The highest BCUT2D eigenvalue weighted by atomic mass is 16.6. The molecule has 9 heteroatoms. The molecule has 4 atom stereocenters. The summed E-state index contributed by atoms with van der Waals surface area (Å²) in [6, 6.07) is 0. The first-order valence-electron chi connectivity index (χ1n) is 6.07. The van der Waals surface area contributed by atoms with Gasteiger partial charge in [-0.1, -0.05) is 0 Å². The summed E-state index contributed by atoms with van der Waals surface area (Å²) >= 11 is 0. The van der Waals surface area contributed by atoms with Crippen LogP contribution >= 0.6 is 0 Å². The van der Waals surface area contributed by atoms with Gasteiger partial charge in [-0.2, -0.15) is 0 Å². The Hall–Kier alpha value is -1.81. The summed E-state index contributed by atoms with van der Waals surface area (Å²) in [5.74, 6) is 0.253. The van der Waals surface area contributed by atoms with Crippen LogP contribution in [0.4, 0.5) is 5.82 Å². The van der Waals surface area contributed by atoms with Gasteiger partial charge in [-0.3, -0.25) is 4.57 Å². The number of nitrogens with zero attached hydrogens (tertiary/aromatic N) is 4. The average Bonchev–Trinajstić information content (AvgIpc) is 3.00. The van der Waals surface area contributed by atoms with E-state index in [1.807, 2.05) is 0 Å². The largest absolute Gasteiger partial charge is 0.394 e. The summed E-state index contributed by atoms with van der Waals surface area (Å²) in [5, 5.41) is 19.5. The molecule has 0 unspecified atom stereocenters. The van der Waals surface area contributed by atoms with Crippen LogP contribution in [-0.2, 0) is 9.47 Å². The fraction of sp³-hybridized carbons (Fsp3) is 0.545. The predicted octanol–water partition coefficient (Wildman–Crippen LogP) is -1.33. The Kier molecular flexibility index (Phi) is 3.26. The average molecular weight is 281 g/mol. The quantitative estimate of drug-likeness (QED) is 0.631. The summed E-state index contributed by atoms with van der Waals surface area (Å²) in [5.41, 5.74) is 6.60. The van der Waals surface area contributed by atoms with Crippen LogP contribution in [0.3, 0.4) is 0 Å². The topological polar surface area (TPSA) is 129 Å². The summed E-state index contributed by atoms with van der Waals surface area (Å²) in [4.78, 5) is 12.1. The third kappa shape index (κ3) is 1.83. The van der Waals surface area contributed by atoms with Crippen molar-refractivity contribution in [3.8, 4) is 0 Å². The number of nitrogens with two attached hydrogens (primary N) is 1. The number of hydrogen-bond donors (Lipinski definition) is 3. The van der Waals surface area contributed by atoms with Gasteiger partial charge < -0.3 is 25.4 Å². The second-order valence-corrected chi connectivity index (χ2v) is 4.52. The van der Waals surface area contributed by atoms with Crippen molar-refractivity contribution < 1.29 is 19.7 Å². The fourth-order valence-electron chi connectivity index (χ4n) is 2.44. The minimum absolute atomic E-state index is 0.253. The van der Waals surface area contributed by atoms with Crippen molar-refractivity contribution in [1.82, 2.24) is 19.5 Å². The van der Waals surface area contributed by atoms with Gasteiger partial charge in [0.1, 0.15) is 30.2 Å². The third-order valence-corrected chi connectivity index (χ3v) is 3.42. The smallest absolute Gasteiger partial charge is 0.167 e. The van der Waals surface area contributed by atoms with Crippen molar-refractivity contribution in [2.24, 2.45) is 0 Å². The molecule has 20 heavy (non-hydrogen) atoms. The number of hydrogen-bond acceptors (Lipinski definition) is 8. The Bertz CT molecular complexity index is 618. The SMILES string of the molecule is CO[C@H]1[C@@H](O)[C@@H](n2cnc3c(N)ncnc32)O[C@@H]1CO. The molecule has 4 N–H and O–H groups in total. The molecule has 3 heterocycles. The number of anilines is 1. The molecule has 1 saturated heterocycles. The Morgan fingerprint density at radius 1 is 1.45 bits per heavy atom.